The van der Waals surface area contributed by atoms with E-state index in [9.17, 15) is 14.7 Å². The second-order valence-electron chi connectivity index (χ2n) is 5.70. The number of carboxylic acid groups (broad SMARTS) is 1. The van der Waals surface area contributed by atoms with E-state index in [0.29, 0.717) is 19.8 Å². The van der Waals surface area contributed by atoms with Gasteiger partial charge in [0.1, 0.15) is 5.54 Å². The van der Waals surface area contributed by atoms with Gasteiger partial charge >= 0.3 is 12.0 Å². The molecular formula is C14H26N2O5. The molecule has 0 saturated heterocycles. The highest BCUT2D eigenvalue weighted by molar-refractivity contribution is 5.86. The maximum atomic E-state index is 12.5. The number of nitrogens with zero attached hydrogens (tertiary/aromatic N) is 1. The zero-order valence-electron chi connectivity index (χ0n) is 13.2. The molecule has 2 atom stereocenters. The van der Waals surface area contributed by atoms with Gasteiger partial charge in [-0.15, -0.1) is 0 Å². The van der Waals surface area contributed by atoms with Crippen LogP contribution in [0.15, 0.2) is 0 Å². The minimum Gasteiger partial charge on any atom is -0.480 e. The van der Waals surface area contributed by atoms with E-state index in [4.69, 9.17) is 9.47 Å². The van der Waals surface area contributed by atoms with Crippen LogP contribution in [0.1, 0.15) is 26.7 Å². The minimum absolute atomic E-state index is 0.000886. The Labute approximate surface area is 125 Å². The number of hydrogen-bond donors (Lipinski definition) is 2. The first kappa shape index (κ1) is 17.7. The minimum atomic E-state index is -1.21. The van der Waals surface area contributed by atoms with Crippen LogP contribution in [0.4, 0.5) is 4.79 Å². The first-order valence-electron chi connectivity index (χ1n) is 7.16. The van der Waals surface area contributed by atoms with Crippen LogP contribution in [0.5, 0.6) is 0 Å². The molecule has 7 heteroatoms. The standard InChI is InChI=1S/C14H26N2O5/c1-10(9-21-4)16(7-8-20-3)13(19)15-14(2,12(17)18)11-5-6-11/h10-11H,5-9H2,1-4H3,(H,15,19)(H,17,18). The second-order valence-corrected chi connectivity index (χ2v) is 5.70. The Bertz CT molecular complexity index is 372. The van der Waals surface area contributed by atoms with Crippen molar-refractivity contribution in [2.75, 3.05) is 34.0 Å². The van der Waals surface area contributed by atoms with E-state index in [2.05, 4.69) is 5.32 Å². The number of ether oxygens (including phenoxy) is 2. The van der Waals surface area contributed by atoms with E-state index in [-0.39, 0.29) is 12.0 Å². The number of amides is 2. The predicted molar refractivity (Wildman–Crippen MR) is 77.2 cm³/mol. The summed E-state index contributed by atoms with van der Waals surface area (Å²) >= 11 is 0. The monoisotopic (exact) mass is 302 g/mol. The molecule has 2 amide bonds. The molecule has 1 aliphatic rings. The van der Waals surface area contributed by atoms with Crippen molar-refractivity contribution in [2.45, 2.75) is 38.3 Å². The highest BCUT2D eigenvalue weighted by atomic mass is 16.5. The second kappa shape index (κ2) is 7.61. The number of aliphatic carboxylic acids is 1. The summed E-state index contributed by atoms with van der Waals surface area (Å²) in [6.45, 7) is 4.57. The van der Waals surface area contributed by atoms with Gasteiger partial charge in [0.2, 0.25) is 0 Å². The number of carbonyl (C=O) groups is 2. The van der Waals surface area contributed by atoms with Crippen molar-refractivity contribution in [1.82, 2.24) is 10.2 Å². The summed E-state index contributed by atoms with van der Waals surface area (Å²) in [4.78, 5) is 25.5. The van der Waals surface area contributed by atoms with Gasteiger partial charge in [0.05, 0.1) is 19.3 Å². The molecule has 0 aliphatic heterocycles. The summed E-state index contributed by atoms with van der Waals surface area (Å²) in [6, 6.07) is -0.559. The van der Waals surface area contributed by atoms with Gasteiger partial charge in [-0.05, 0) is 32.6 Å². The highest BCUT2D eigenvalue weighted by Gasteiger charge is 2.49. The van der Waals surface area contributed by atoms with Crippen LogP contribution in [-0.2, 0) is 14.3 Å². The van der Waals surface area contributed by atoms with Crippen molar-refractivity contribution < 1.29 is 24.2 Å². The number of nitrogens with one attached hydrogen (secondary N) is 1. The SMILES string of the molecule is COCCN(C(=O)NC(C)(C(=O)O)C1CC1)C(C)COC. The summed E-state index contributed by atoms with van der Waals surface area (Å²) < 4.78 is 10.1. The number of rotatable bonds is 9. The van der Waals surface area contributed by atoms with Gasteiger partial charge in [-0.2, -0.15) is 0 Å². The van der Waals surface area contributed by atoms with Crippen LogP contribution in [0, 0.1) is 5.92 Å². The topological polar surface area (TPSA) is 88.1 Å². The van der Waals surface area contributed by atoms with Crippen LogP contribution >= 0.6 is 0 Å². The molecule has 0 bridgehead atoms. The van der Waals surface area contributed by atoms with Crippen molar-refractivity contribution in [2.24, 2.45) is 5.92 Å². The van der Waals surface area contributed by atoms with Crippen molar-refractivity contribution in [3.8, 4) is 0 Å². The van der Waals surface area contributed by atoms with Crippen molar-refractivity contribution in [3.05, 3.63) is 0 Å². The van der Waals surface area contributed by atoms with E-state index in [1.807, 2.05) is 6.92 Å². The summed E-state index contributed by atoms with van der Waals surface area (Å²) in [5.41, 5.74) is -1.21. The summed E-state index contributed by atoms with van der Waals surface area (Å²) in [6.07, 6.45) is 1.66. The maximum Gasteiger partial charge on any atom is 0.329 e. The molecule has 7 nitrogen and oxygen atoms in total. The Balaban J connectivity index is 2.76. The van der Waals surface area contributed by atoms with Gasteiger partial charge in [-0.1, -0.05) is 0 Å². The van der Waals surface area contributed by atoms with E-state index in [0.717, 1.165) is 12.8 Å². The summed E-state index contributed by atoms with van der Waals surface area (Å²) in [5.74, 6) is -0.995. The quantitative estimate of drug-likeness (QED) is 0.661. The average Bonchev–Trinajstić information content (AvgIpc) is 3.23. The Morgan fingerprint density at radius 1 is 1.38 bits per heavy atom. The molecule has 0 spiro atoms. The van der Waals surface area contributed by atoms with Gasteiger partial charge in [0.15, 0.2) is 0 Å². The molecular weight excluding hydrogens is 276 g/mol. The molecule has 0 aromatic carbocycles. The van der Waals surface area contributed by atoms with Gasteiger partial charge in [0.25, 0.3) is 0 Å². The normalized spacial score (nSPS) is 18.7. The van der Waals surface area contributed by atoms with E-state index < -0.39 is 17.5 Å². The third-order valence-corrected chi connectivity index (χ3v) is 3.94. The summed E-state index contributed by atoms with van der Waals surface area (Å²) in [7, 11) is 3.12. The number of hydrogen-bond acceptors (Lipinski definition) is 4. The van der Waals surface area contributed by atoms with Crippen molar-refractivity contribution >= 4 is 12.0 Å². The molecule has 1 fully saturated rings. The largest absolute Gasteiger partial charge is 0.480 e. The van der Waals surface area contributed by atoms with Crippen LogP contribution < -0.4 is 5.32 Å². The third-order valence-electron chi connectivity index (χ3n) is 3.94. The fourth-order valence-electron chi connectivity index (χ4n) is 2.33. The highest BCUT2D eigenvalue weighted by Crippen LogP contribution is 2.39. The summed E-state index contributed by atoms with van der Waals surface area (Å²) in [5, 5.41) is 12.1. The van der Waals surface area contributed by atoms with Crippen LogP contribution in [0.25, 0.3) is 0 Å². The zero-order chi connectivity index (χ0) is 16.0. The van der Waals surface area contributed by atoms with E-state index >= 15 is 0 Å². The zero-order valence-corrected chi connectivity index (χ0v) is 13.2. The molecule has 2 unspecified atom stereocenters. The Morgan fingerprint density at radius 2 is 2.00 bits per heavy atom. The lowest BCUT2D eigenvalue weighted by Crippen LogP contribution is -2.59. The smallest absolute Gasteiger partial charge is 0.329 e. The molecule has 0 aromatic rings. The fraction of sp³-hybridized carbons (Fsp3) is 0.857. The third kappa shape index (κ3) is 4.57. The Hall–Kier alpha value is -1.34. The lowest BCUT2D eigenvalue weighted by atomic mass is 9.96. The Kier molecular flexibility index (Phi) is 6.42. The number of methoxy groups -OCH3 is 2. The molecule has 0 aromatic heterocycles. The molecule has 1 saturated carbocycles. The van der Waals surface area contributed by atoms with Gasteiger partial charge < -0.3 is 24.8 Å². The average molecular weight is 302 g/mol. The first-order valence-corrected chi connectivity index (χ1v) is 7.16. The van der Waals surface area contributed by atoms with Gasteiger partial charge in [0, 0.05) is 20.8 Å². The maximum absolute atomic E-state index is 12.5. The lowest BCUT2D eigenvalue weighted by Gasteiger charge is -2.33. The predicted octanol–water partition coefficient (Wildman–Crippen LogP) is 0.933. The molecule has 0 heterocycles. The molecule has 122 valence electrons. The lowest BCUT2D eigenvalue weighted by molar-refractivity contribution is -0.144. The number of carboxylic acids is 1. The molecule has 1 rings (SSSR count). The van der Waals surface area contributed by atoms with Gasteiger partial charge in [-0.25, -0.2) is 9.59 Å². The Morgan fingerprint density at radius 3 is 2.43 bits per heavy atom. The van der Waals surface area contributed by atoms with Crippen LogP contribution in [0.2, 0.25) is 0 Å². The van der Waals surface area contributed by atoms with Crippen molar-refractivity contribution in [1.29, 1.82) is 0 Å². The number of urea groups is 1. The van der Waals surface area contributed by atoms with Crippen molar-refractivity contribution in [3.63, 3.8) is 0 Å². The molecule has 0 radical (unpaired) electrons. The van der Waals surface area contributed by atoms with E-state index in [1.165, 1.54) is 0 Å². The molecule has 2 N–H and O–H groups in total. The van der Waals surface area contributed by atoms with E-state index in [1.54, 1.807) is 26.0 Å². The first-order chi connectivity index (χ1) is 9.86. The molecule has 1 aliphatic carbocycles. The molecule has 21 heavy (non-hydrogen) atoms. The van der Waals surface area contributed by atoms with Gasteiger partial charge in [-0.3, -0.25) is 0 Å². The van der Waals surface area contributed by atoms with Crippen LogP contribution in [-0.4, -0.2) is 67.6 Å². The van der Waals surface area contributed by atoms with Crippen LogP contribution in [0.3, 0.4) is 0 Å². The number of carbonyl (C=O) groups excluding carboxylic acids is 1. The fourth-order valence-corrected chi connectivity index (χ4v) is 2.33.